The first kappa shape index (κ1) is 10.1. The van der Waals surface area contributed by atoms with E-state index in [1.54, 1.807) is 18.0 Å². The third-order valence-electron chi connectivity index (χ3n) is 2.49. The molecule has 5 heteroatoms. The lowest BCUT2D eigenvalue weighted by Crippen LogP contribution is -2.06. The summed E-state index contributed by atoms with van der Waals surface area (Å²) in [5.41, 5.74) is 2.12. The molecule has 2 heterocycles. The van der Waals surface area contributed by atoms with Gasteiger partial charge in [-0.1, -0.05) is 23.7 Å². The monoisotopic (exact) mass is 249 g/mol. The number of fused-ring (bicyclic) bond motifs is 1. The van der Waals surface area contributed by atoms with E-state index >= 15 is 0 Å². The predicted molar refractivity (Wildman–Crippen MR) is 70.0 cm³/mol. The van der Waals surface area contributed by atoms with Crippen molar-refractivity contribution < 1.29 is 0 Å². The zero-order chi connectivity index (χ0) is 11.1. The Morgan fingerprint density at radius 3 is 3.00 bits per heavy atom. The van der Waals surface area contributed by atoms with E-state index in [1.165, 1.54) is 0 Å². The van der Waals surface area contributed by atoms with Gasteiger partial charge in [0, 0.05) is 10.6 Å². The van der Waals surface area contributed by atoms with Crippen LogP contribution < -0.4 is 0 Å². The van der Waals surface area contributed by atoms with Gasteiger partial charge in [0.15, 0.2) is 0 Å². The van der Waals surface area contributed by atoms with Gasteiger partial charge < -0.3 is 0 Å². The maximum atomic E-state index is 6.09. The van der Waals surface area contributed by atoms with Crippen molar-refractivity contribution in [3.8, 4) is 0 Å². The summed E-state index contributed by atoms with van der Waals surface area (Å²) in [6, 6.07) is 6.01. The highest BCUT2D eigenvalue weighted by molar-refractivity contribution is 8.27. The molecule has 0 fully saturated rings. The van der Waals surface area contributed by atoms with Gasteiger partial charge in [-0.15, -0.1) is 5.10 Å². The van der Waals surface area contributed by atoms with Crippen LogP contribution in [0.2, 0.25) is 5.02 Å². The number of aliphatic imine (C=N–C) groups is 1. The molecule has 0 saturated carbocycles. The first-order chi connectivity index (χ1) is 7.74. The van der Waals surface area contributed by atoms with Crippen LogP contribution in [0, 0.1) is 6.92 Å². The third-order valence-corrected chi connectivity index (χ3v) is 3.97. The average molecular weight is 250 g/mol. The minimum absolute atomic E-state index is 0.0279. The van der Waals surface area contributed by atoms with Crippen molar-refractivity contribution >= 4 is 39.7 Å². The van der Waals surface area contributed by atoms with E-state index in [4.69, 9.17) is 11.6 Å². The van der Waals surface area contributed by atoms with E-state index in [2.05, 4.69) is 15.2 Å². The lowest BCUT2D eigenvalue weighted by molar-refractivity contribution is 1.22. The summed E-state index contributed by atoms with van der Waals surface area (Å²) in [6.45, 7) is 1.99. The normalized spacial score (nSPS) is 22.0. The van der Waals surface area contributed by atoms with Crippen LogP contribution in [0.1, 0.15) is 11.1 Å². The van der Waals surface area contributed by atoms with Gasteiger partial charge in [0.05, 0.1) is 6.21 Å². The Hall–Kier alpha value is -1.13. The summed E-state index contributed by atoms with van der Waals surface area (Å²) >= 11 is 7.66. The summed E-state index contributed by atoms with van der Waals surface area (Å²) < 4.78 is 0. The van der Waals surface area contributed by atoms with Gasteiger partial charge in [-0.3, -0.25) is 4.99 Å². The van der Waals surface area contributed by atoms with E-state index in [-0.39, 0.29) is 6.04 Å². The summed E-state index contributed by atoms with van der Waals surface area (Å²) in [5, 5.41) is 10.5. The molecule has 1 aromatic rings. The van der Waals surface area contributed by atoms with Crippen molar-refractivity contribution in [2.45, 2.75) is 13.0 Å². The average Bonchev–Trinajstić information content (AvgIpc) is 2.81. The molecule has 3 rings (SSSR count). The molecule has 0 bridgehead atoms. The van der Waals surface area contributed by atoms with E-state index in [0.717, 1.165) is 26.2 Å². The van der Waals surface area contributed by atoms with Gasteiger partial charge in [-0.25, -0.2) is 0 Å². The first-order valence-electron chi connectivity index (χ1n) is 4.87. The molecular weight excluding hydrogens is 242 g/mol. The maximum Gasteiger partial charge on any atom is 0.138 e. The summed E-state index contributed by atoms with van der Waals surface area (Å²) in [7, 11) is 0. The molecular formula is C11H8ClN3S. The van der Waals surface area contributed by atoms with Crippen LogP contribution in [0.25, 0.3) is 0 Å². The van der Waals surface area contributed by atoms with Gasteiger partial charge in [-0.05, 0) is 30.3 Å². The number of halogens is 1. The summed E-state index contributed by atoms with van der Waals surface area (Å²) in [6.07, 6.45) is 1.76. The number of aryl methyl sites for hydroxylation is 1. The van der Waals surface area contributed by atoms with Crippen LogP contribution >= 0.6 is 23.4 Å². The molecule has 3 nitrogen and oxygen atoms in total. The van der Waals surface area contributed by atoms with Crippen molar-refractivity contribution in [3.63, 3.8) is 0 Å². The molecule has 0 aromatic heterocycles. The molecule has 0 amide bonds. The van der Waals surface area contributed by atoms with Crippen molar-refractivity contribution in [2.75, 3.05) is 0 Å². The standard InChI is InChI=1S/C11H8ClN3S/c1-6-2-3-7(4-8(6)12)10-14-9-5-13-15-11(9)16-10/h2-5,9H,1H3/t9-/m1/s1. The molecule has 80 valence electrons. The van der Waals surface area contributed by atoms with E-state index in [0.29, 0.717) is 0 Å². The van der Waals surface area contributed by atoms with Gasteiger partial charge in [0.2, 0.25) is 0 Å². The van der Waals surface area contributed by atoms with Gasteiger partial charge >= 0.3 is 0 Å². The largest absolute Gasteiger partial charge is 0.261 e. The lowest BCUT2D eigenvalue weighted by atomic mass is 10.1. The molecule has 0 saturated heterocycles. The van der Waals surface area contributed by atoms with Crippen molar-refractivity contribution in [3.05, 3.63) is 34.3 Å². The lowest BCUT2D eigenvalue weighted by Gasteiger charge is -2.02. The minimum atomic E-state index is 0.0279. The Kier molecular flexibility index (Phi) is 2.33. The molecule has 1 atom stereocenters. The van der Waals surface area contributed by atoms with Gasteiger partial charge in [-0.2, -0.15) is 5.10 Å². The molecule has 2 aliphatic heterocycles. The van der Waals surface area contributed by atoms with Crippen LogP contribution in [0.15, 0.2) is 33.4 Å². The number of hydrogen-bond donors (Lipinski definition) is 0. The van der Waals surface area contributed by atoms with E-state index < -0.39 is 0 Å². The van der Waals surface area contributed by atoms with Crippen LogP contribution in [0.5, 0.6) is 0 Å². The molecule has 0 spiro atoms. The molecule has 2 aliphatic rings. The zero-order valence-electron chi connectivity index (χ0n) is 8.51. The zero-order valence-corrected chi connectivity index (χ0v) is 10.1. The fraction of sp³-hybridized carbons (Fsp3) is 0.182. The van der Waals surface area contributed by atoms with E-state index in [1.807, 2.05) is 25.1 Å². The SMILES string of the molecule is Cc1ccc(C2=N[C@@H]3C=NN=C3S2)cc1Cl. The Bertz CT molecular complexity index is 548. The molecule has 0 radical (unpaired) electrons. The van der Waals surface area contributed by atoms with Gasteiger partial charge in [0.25, 0.3) is 0 Å². The first-order valence-corrected chi connectivity index (χ1v) is 6.07. The number of nitrogens with zero attached hydrogens (tertiary/aromatic N) is 3. The van der Waals surface area contributed by atoms with Crippen molar-refractivity contribution in [2.24, 2.45) is 15.2 Å². The molecule has 0 unspecified atom stereocenters. The van der Waals surface area contributed by atoms with Crippen molar-refractivity contribution in [1.82, 2.24) is 0 Å². The number of hydrogen-bond acceptors (Lipinski definition) is 4. The summed E-state index contributed by atoms with van der Waals surface area (Å²) in [4.78, 5) is 4.53. The summed E-state index contributed by atoms with van der Waals surface area (Å²) in [5.74, 6) is 0. The van der Waals surface area contributed by atoms with Crippen LogP contribution in [0.4, 0.5) is 0 Å². The topological polar surface area (TPSA) is 37.1 Å². The Morgan fingerprint density at radius 1 is 1.38 bits per heavy atom. The second-order valence-electron chi connectivity index (χ2n) is 3.65. The second-order valence-corrected chi connectivity index (χ2v) is 5.06. The fourth-order valence-electron chi connectivity index (χ4n) is 1.56. The van der Waals surface area contributed by atoms with Crippen molar-refractivity contribution in [1.29, 1.82) is 0 Å². The highest BCUT2D eigenvalue weighted by atomic mass is 35.5. The van der Waals surface area contributed by atoms with Crippen LogP contribution in [-0.2, 0) is 0 Å². The van der Waals surface area contributed by atoms with Gasteiger partial charge in [0.1, 0.15) is 16.1 Å². The molecule has 0 N–H and O–H groups in total. The minimum Gasteiger partial charge on any atom is -0.261 e. The smallest absolute Gasteiger partial charge is 0.138 e. The maximum absolute atomic E-state index is 6.09. The second kappa shape index (κ2) is 3.71. The quantitative estimate of drug-likeness (QED) is 0.754. The highest BCUT2D eigenvalue weighted by Gasteiger charge is 2.28. The molecule has 1 aromatic carbocycles. The molecule has 0 aliphatic carbocycles. The Labute approximate surface area is 102 Å². The van der Waals surface area contributed by atoms with Crippen LogP contribution in [-0.4, -0.2) is 22.3 Å². The molecule has 16 heavy (non-hydrogen) atoms. The fourth-order valence-corrected chi connectivity index (χ4v) is 2.67. The van der Waals surface area contributed by atoms with E-state index in [9.17, 15) is 0 Å². The number of thioether (sulfide) groups is 1. The predicted octanol–water partition coefficient (Wildman–Crippen LogP) is 2.91. The Morgan fingerprint density at radius 2 is 2.25 bits per heavy atom. The number of benzene rings is 1. The Balaban J connectivity index is 1.97. The number of rotatable bonds is 1. The highest BCUT2D eigenvalue weighted by Crippen LogP contribution is 2.29. The third kappa shape index (κ3) is 1.58. The van der Waals surface area contributed by atoms with Crippen LogP contribution in [0.3, 0.4) is 0 Å².